The lowest BCUT2D eigenvalue weighted by Gasteiger charge is -2.15. The summed E-state index contributed by atoms with van der Waals surface area (Å²) in [5, 5.41) is 26.6. The summed E-state index contributed by atoms with van der Waals surface area (Å²) in [7, 11) is 5.84. The van der Waals surface area contributed by atoms with Crippen LogP contribution in [-0.4, -0.2) is 41.9 Å². The van der Waals surface area contributed by atoms with Crippen molar-refractivity contribution in [3.8, 4) is 0 Å². The highest BCUT2D eigenvalue weighted by Gasteiger charge is 2.44. The zero-order valence-corrected chi connectivity index (χ0v) is 25.3. The molecule has 4 aromatic rings. The molecule has 1 radical (unpaired) electrons. The van der Waals surface area contributed by atoms with Crippen LogP contribution in [0.15, 0.2) is 126 Å². The lowest BCUT2D eigenvalue weighted by atomic mass is 10.3. The van der Waals surface area contributed by atoms with Crippen LogP contribution in [0.4, 0.5) is 28.4 Å². The van der Waals surface area contributed by atoms with Gasteiger partial charge in [-0.25, -0.2) is 0 Å². The highest BCUT2D eigenvalue weighted by atomic mass is 27.2. The number of hydrogen-bond acceptors (Lipinski definition) is 12. The number of hydrogen-bond donors (Lipinski definition) is 3. The SMILES string of the molecule is CN(C)c1ccc(N=O)cc1.C[N@@+]1(c2ccccc2)NO1.[NH4+].[O-]N=[N+]([O-])c1ccccc1.c1ccc(N2N[O][Al][O]2)cc1. The molecule has 0 aliphatic carbocycles. The van der Waals surface area contributed by atoms with Crippen LogP contribution in [0, 0.1) is 15.3 Å². The topological polar surface area (TPSA) is 199 Å². The number of benzene rings is 4. The Hall–Kier alpha value is -4.47. The number of rotatable bonds is 5. The summed E-state index contributed by atoms with van der Waals surface area (Å²) in [6.07, 6.45) is 0. The van der Waals surface area contributed by atoms with E-state index in [0.29, 0.717) is 10.4 Å². The molecule has 2 aliphatic heterocycles. The summed E-state index contributed by atoms with van der Waals surface area (Å²) in [5.41, 5.74) is 9.22. The normalized spacial score (nSPS) is 16.3. The molecule has 2 fully saturated rings. The van der Waals surface area contributed by atoms with Crippen molar-refractivity contribution in [2.75, 3.05) is 31.2 Å². The van der Waals surface area contributed by atoms with Gasteiger partial charge in [0.25, 0.3) is 0 Å². The van der Waals surface area contributed by atoms with Gasteiger partial charge < -0.3 is 29.2 Å². The van der Waals surface area contributed by atoms with Gasteiger partial charge in [-0.2, -0.15) is 5.17 Å². The third-order valence-electron chi connectivity index (χ3n) is 5.46. The first-order chi connectivity index (χ1) is 20.4. The molecule has 225 valence electrons. The second kappa shape index (κ2) is 18.2. The van der Waals surface area contributed by atoms with E-state index in [4.69, 9.17) is 12.7 Å². The van der Waals surface area contributed by atoms with Crippen LogP contribution in [-0.2, 0) is 12.7 Å². The van der Waals surface area contributed by atoms with Gasteiger partial charge in [0.15, 0.2) is 5.69 Å². The Morgan fingerprint density at radius 2 is 1.42 bits per heavy atom. The van der Waals surface area contributed by atoms with Crippen molar-refractivity contribution in [1.82, 2.24) is 22.1 Å². The van der Waals surface area contributed by atoms with E-state index in [-0.39, 0.29) is 16.7 Å². The number of hydroxylamine groups is 1. The van der Waals surface area contributed by atoms with E-state index in [1.54, 1.807) is 30.3 Å². The number of hydrazine groups is 1. The molecule has 0 spiro atoms. The largest absolute Gasteiger partial charge is 0.739 e. The number of anilines is 2. The first kappa shape index (κ1) is 34.7. The first-order valence-corrected chi connectivity index (χ1v) is 13.4. The summed E-state index contributed by atoms with van der Waals surface area (Å²) < 4.78 is 10.4. The van der Waals surface area contributed by atoms with Crippen LogP contribution in [0.3, 0.4) is 0 Å². The molecule has 0 amide bonds. The van der Waals surface area contributed by atoms with Gasteiger partial charge in [-0.05, 0) is 56.5 Å². The summed E-state index contributed by atoms with van der Waals surface area (Å²) >= 11 is -0.402. The van der Waals surface area contributed by atoms with E-state index >= 15 is 0 Å². The van der Waals surface area contributed by atoms with Crippen molar-refractivity contribution >= 4 is 44.3 Å². The van der Waals surface area contributed by atoms with Crippen molar-refractivity contribution in [2.24, 2.45) is 10.5 Å². The van der Waals surface area contributed by atoms with Gasteiger partial charge in [0.05, 0.1) is 11.3 Å². The molecule has 6 N–H and O–H groups in total. The molecular weight excluding hydrogens is 573 g/mol. The molecule has 0 aromatic heterocycles. The molecule has 2 aliphatic rings. The van der Waals surface area contributed by atoms with Crippen LogP contribution >= 0.6 is 0 Å². The van der Waals surface area contributed by atoms with Crippen molar-refractivity contribution in [3.63, 3.8) is 0 Å². The Bertz CT molecular complexity index is 1360. The Kier molecular flexibility index (Phi) is 14.7. The zero-order valence-electron chi connectivity index (χ0n) is 24.2. The maximum absolute atomic E-state index is 10.5. The Morgan fingerprint density at radius 1 is 0.884 bits per heavy atom. The maximum atomic E-state index is 10.5. The van der Waals surface area contributed by atoms with E-state index in [1.807, 2.05) is 98.8 Å². The van der Waals surface area contributed by atoms with Gasteiger partial charge in [0.1, 0.15) is 12.7 Å². The lowest BCUT2D eigenvalue weighted by molar-refractivity contribution is -0.436. The number of para-hydroxylation sites is 3. The van der Waals surface area contributed by atoms with Crippen LogP contribution < -0.4 is 32.2 Å². The van der Waals surface area contributed by atoms with Gasteiger partial charge in [0.2, 0.25) is 5.69 Å². The minimum atomic E-state index is -0.402. The van der Waals surface area contributed by atoms with Gasteiger partial charge in [-0.3, -0.25) is 0 Å². The van der Waals surface area contributed by atoms with Crippen molar-refractivity contribution < 1.29 is 17.6 Å². The number of nitroso groups, excluding NO2 is 1. The second-order valence-corrected chi connectivity index (χ2v) is 9.31. The average Bonchev–Trinajstić information content (AvgIpc) is 3.57. The fraction of sp³-hybridized carbons (Fsp3) is 0.111. The Balaban J connectivity index is 0.000000199. The van der Waals surface area contributed by atoms with Crippen molar-refractivity contribution in [1.29, 1.82) is 0 Å². The Morgan fingerprint density at radius 3 is 1.86 bits per heavy atom. The molecule has 0 saturated carbocycles. The third kappa shape index (κ3) is 11.7. The summed E-state index contributed by atoms with van der Waals surface area (Å²) in [6.45, 7) is 0. The van der Waals surface area contributed by atoms with Crippen LogP contribution in [0.25, 0.3) is 0 Å². The highest BCUT2D eigenvalue weighted by Crippen LogP contribution is 2.24. The van der Waals surface area contributed by atoms with E-state index in [1.165, 1.54) is 17.3 Å². The van der Waals surface area contributed by atoms with Crippen LogP contribution in [0.2, 0.25) is 0 Å². The number of quaternary nitrogens is 2. The van der Waals surface area contributed by atoms with E-state index < -0.39 is 15.9 Å². The van der Waals surface area contributed by atoms with Crippen molar-refractivity contribution in [2.45, 2.75) is 0 Å². The molecule has 15 nitrogen and oxygen atoms in total. The second-order valence-electron chi connectivity index (χ2n) is 8.68. The molecule has 4 aromatic carbocycles. The lowest BCUT2D eigenvalue weighted by Crippen LogP contribution is -2.28. The molecule has 16 heteroatoms. The van der Waals surface area contributed by atoms with Gasteiger partial charge in [-0.1, -0.05) is 59.5 Å². The maximum Gasteiger partial charge on any atom is 0.714 e. The summed E-state index contributed by atoms with van der Waals surface area (Å²) in [6, 6.07) is 34.9. The van der Waals surface area contributed by atoms with Gasteiger partial charge in [0, 0.05) is 44.0 Å². The molecular formula is C27H34AlN9O6+. The van der Waals surface area contributed by atoms with E-state index in [0.717, 1.165) is 17.1 Å². The van der Waals surface area contributed by atoms with Crippen molar-refractivity contribution in [3.05, 3.63) is 131 Å². The van der Waals surface area contributed by atoms with E-state index in [2.05, 4.69) is 21.6 Å². The molecule has 0 bridgehead atoms. The molecule has 6 rings (SSSR count). The Labute approximate surface area is 256 Å². The predicted octanol–water partition coefficient (Wildman–Crippen LogP) is 5.70. The predicted molar refractivity (Wildman–Crippen MR) is 166 cm³/mol. The fourth-order valence-corrected chi connectivity index (χ4v) is 3.56. The molecule has 43 heavy (non-hydrogen) atoms. The summed E-state index contributed by atoms with van der Waals surface area (Å²) in [5.74, 6) is 0. The standard InChI is InChI=1S/C8H10N2O.C7H9N2O.2C6H6N2O2.Al.H3N/c1-10(2)8-5-3-7(9-11)4-6-8;1-9(8-10-9)7-5-3-2-4-6-7;2*9-7-8(10)6-4-2-1-3-5-6;;/h3-6H,1-2H3;2-6,8H,1H3;1-5,9H;1-5,7H;;1H3/q;+1;;-2;+2;/t;9-;;;;/m.1..../s1. The highest BCUT2D eigenvalue weighted by molar-refractivity contribution is 6.18. The minimum absolute atomic E-state index is 0. The molecule has 1 atom stereocenters. The summed E-state index contributed by atoms with van der Waals surface area (Å²) in [4.78, 5) is 17.0. The zero-order chi connectivity index (χ0) is 30.2. The smallest absolute Gasteiger partial charge is 0.714 e. The number of nitrogens with zero attached hydrogens (tertiary/aromatic N) is 6. The van der Waals surface area contributed by atoms with Gasteiger partial charge >= 0.3 is 15.9 Å². The minimum Gasteiger partial charge on any atom is -0.739 e. The fourth-order valence-electron chi connectivity index (χ4n) is 3.13. The molecule has 2 heterocycles. The molecule has 2 saturated heterocycles. The molecule has 0 unspecified atom stereocenters. The average molecular weight is 608 g/mol. The first-order valence-electron chi connectivity index (χ1n) is 12.5. The quantitative estimate of drug-likeness (QED) is 0.0481. The third-order valence-corrected chi connectivity index (χ3v) is 5.96. The van der Waals surface area contributed by atoms with E-state index in [9.17, 15) is 15.3 Å². The van der Waals surface area contributed by atoms with Gasteiger partial charge in [-0.15, -0.1) is 10.5 Å². The monoisotopic (exact) mass is 607 g/mol. The number of nitrogens with one attached hydrogen (secondary N) is 2. The van der Waals surface area contributed by atoms with Crippen LogP contribution in [0.1, 0.15) is 0 Å². The van der Waals surface area contributed by atoms with Crippen LogP contribution in [0.5, 0.6) is 0 Å².